The maximum absolute atomic E-state index is 16.1. The van der Waals surface area contributed by atoms with Crippen LogP contribution in [0.4, 0.5) is 10.1 Å². The number of amides is 1. The highest BCUT2D eigenvalue weighted by Gasteiger charge is 2.21. The number of fused-ring (bicyclic) bond motifs is 2. The molecule has 0 atom stereocenters. The Bertz CT molecular complexity index is 2040. The fourth-order valence-electron chi connectivity index (χ4n) is 4.87. The number of nitrogens with one attached hydrogen (secondary N) is 3. The van der Waals surface area contributed by atoms with Gasteiger partial charge in [-0.15, -0.1) is 0 Å². The summed E-state index contributed by atoms with van der Waals surface area (Å²) in [5.74, 6) is -0.362. The molecule has 7 rings (SSSR count). The predicted molar refractivity (Wildman–Crippen MR) is 154 cm³/mol. The number of nitrogens with zero attached hydrogens (tertiary/aromatic N) is 5. The molecule has 0 spiro atoms. The molecule has 2 aromatic carbocycles. The second-order valence-corrected chi connectivity index (χ2v) is 9.48. The average Bonchev–Trinajstić information content (AvgIpc) is 3.63. The molecule has 0 bridgehead atoms. The van der Waals surface area contributed by atoms with Crippen molar-refractivity contribution in [3.63, 3.8) is 0 Å². The topological polar surface area (TPSA) is 125 Å². The molecule has 7 aromatic rings. The van der Waals surface area contributed by atoms with E-state index in [1.807, 2.05) is 60.7 Å². The number of hydrogen-bond acceptors (Lipinski definition) is 6. The van der Waals surface area contributed by atoms with Crippen molar-refractivity contribution in [3.05, 3.63) is 109 Å². The Hall–Kier alpha value is -5.77. The van der Waals surface area contributed by atoms with Crippen LogP contribution in [0.15, 0.2) is 97.7 Å². The summed E-state index contributed by atoms with van der Waals surface area (Å²) in [6.07, 6.45) is 8.24. The smallest absolute Gasteiger partial charge is 0.228 e. The minimum absolute atomic E-state index is 0.0824. The monoisotopic (exact) mass is 540 g/mol. The van der Waals surface area contributed by atoms with Gasteiger partial charge in [-0.3, -0.25) is 24.8 Å². The van der Waals surface area contributed by atoms with Gasteiger partial charge in [0.2, 0.25) is 5.91 Å². The highest BCUT2D eigenvalue weighted by molar-refractivity contribution is 5.98. The van der Waals surface area contributed by atoms with E-state index < -0.39 is 5.82 Å². The van der Waals surface area contributed by atoms with Crippen molar-refractivity contribution in [2.45, 2.75) is 6.42 Å². The number of benzene rings is 2. The van der Waals surface area contributed by atoms with E-state index in [-0.39, 0.29) is 23.4 Å². The van der Waals surface area contributed by atoms with Crippen LogP contribution in [-0.4, -0.2) is 41.0 Å². The molecule has 9 nitrogen and oxygen atoms in total. The van der Waals surface area contributed by atoms with Gasteiger partial charge >= 0.3 is 0 Å². The van der Waals surface area contributed by atoms with E-state index in [0.29, 0.717) is 28.3 Å². The number of aromatic amines is 2. The van der Waals surface area contributed by atoms with E-state index in [0.717, 1.165) is 27.7 Å². The summed E-state index contributed by atoms with van der Waals surface area (Å²) >= 11 is 0. The second kappa shape index (κ2) is 10.1. The number of anilines is 1. The predicted octanol–water partition coefficient (Wildman–Crippen LogP) is 5.95. The molecule has 1 amide bonds. The third-order valence-corrected chi connectivity index (χ3v) is 6.76. The summed E-state index contributed by atoms with van der Waals surface area (Å²) < 4.78 is 16.1. The van der Waals surface area contributed by atoms with Gasteiger partial charge in [0.05, 0.1) is 46.4 Å². The van der Waals surface area contributed by atoms with E-state index in [1.54, 1.807) is 18.5 Å². The van der Waals surface area contributed by atoms with Crippen molar-refractivity contribution >= 4 is 33.5 Å². The Morgan fingerprint density at radius 2 is 1.73 bits per heavy atom. The van der Waals surface area contributed by atoms with Crippen LogP contribution in [0.5, 0.6) is 0 Å². The van der Waals surface area contributed by atoms with Crippen molar-refractivity contribution in [1.29, 1.82) is 0 Å². The Morgan fingerprint density at radius 1 is 0.854 bits per heavy atom. The zero-order chi connectivity index (χ0) is 27.8. The van der Waals surface area contributed by atoms with Crippen molar-refractivity contribution in [1.82, 2.24) is 35.1 Å². The van der Waals surface area contributed by atoms with E-state index in [1.165, 1.54) is 18.6 Å². The zero-order valence-electron chi connectivity index (χ0n) is 21.5. The first-order chi connectivity index (χ1) is 20.1. The number of pyridine rings is 3. The SMILES string of the molecule is O=C(Cc1ccccc1)Nc1cncc(-c2ncc3[nH]nc(-c4nc5c(-c6cccnc6)cccc5[nH]4)c3c2F)c1. The third kappa shape index (κ3) is 4.57. The Kier molecular flexibility index (Phi) is 5.97. The largest absolute Gasteiger partial charge is 0.337 e. The molecule has 0 aliphatic heterocycles. The Labute approximate surface area is 232 Å². The number of aromatic nitrogens is 7. The van der Waals surface area contributed by atoms with Crippen LogP contribution in [0.3, 0.4) is 0 Å². The van der Waals surface area contributed by atoms with Gasteiger partial charge in [0.15, 0.2) is 11.6 Å². The lowest BCUT2D eigenvalue weighted by atomic mass is 10.1. The number of carbonyl (C=O) groups excluding carboxylic acids is 1. The summed E-state index contributed by atoms with van der Waals surface area (Å²) in [7, 11) is 0. The van der Waals surface area contributed by atoms with Crippen LogP contribution >= 0.6 is 0 Å². The summed E-state index contributed by atoms with van der Waals surface area (Å²) in [6, 6.07) is 20.7. The molecular weight excluding hydrogens is 519 g/mol. The minimum atomic E-state index is -0.575. The molecular formula is C31H21FN8O. The summed E-state index contributed by atoms with van der Waals surface area (Å²) in [4.78, 5) is 33.4. The zero-order valence-corrected chi connectivity index (χ0v) is 21.5. The maximum Gasteiger partial charge on any atom is 0.228 e. The van der Waals surface area contributed by atoms with Gasteiger partial charge in [0.25, 0.3) is 0 Å². The van der Waals surface area contributed by atoms with E-state index in [2.05, 4.69) is 35.5 Å². The maximum atomic E-state index is 16.1. The van der Waals surface area contributed by atoms with Crippen LogP contribution in [0.2, 0.25) is 0 Å². The van der Waals surface area contributed by atoms with Crippen molar-refractivity contribution < 1.29 is 9.18 Å². The lowest BCUT2D eigenvalue weighted by molar-refractivity contribution is -0.115. The lowest BCUT2D eigenvalue weighted by Gasteiger charge is -2.08. The summed E-state index contributed by atoms with van der Waals surface area (Å²) in [5.41, 5.74) is 5.91. The van der Waals surface area contributed by atoms with Gasteiger partial charge in [-0.2, -0.15) is 5.10 Å². The van der Waals surface area contributed by atoms with Crippen molar-refractivity contribution in [2.75, 3.05) is 5.32 Å². The molecule has 5 aromatic heterocycles. The number of rotatable bonds is 6. The first kappa shape index (κ1) is 24.3. The lowest BCUT2D eigenvalue weighted by Crippen LogP contribution is -2.14. The van der Waals surface area contributed by atoms with Gasteiger partial charge in [0.1, 0.15) is 11.4 Å². The highest BCUT2D eigenvalue weighted by atomic mass is 19.1. The normalized spacial score (nSPS) is 11.2. The molecule has 0 radical (unpaired) electrons. The van der Waals surface area contributed by atoms with Gasteiger partial charge in [-0.1, -0.05) is 48.5 Å². The number of para-hydroxylation sites is 1. The van der Waals surface area contributed by atoms with Crippen LogP contribution < -0.4 is 5.32 Å². The summed E-state index contributed by atoms with van der Waals surface area (Å²) in [6.45, 7) is 0. The van der Waals surface area contributed by atoms with Crippen molar-refractivity contribution in [2.24, 2.45) is 0 Å². The van der Waals surface area contributed by atoms with E-state index in [9.17, 15) is 4.79 Å². The van der Waals surface area contributed by atoms with Gasteiger partial charge in [0, 0.05) is 35.3 Å². The Morgan fingerprint density at radius 3 is 2.59 bits per heavy atom. The molecule has 41 heavy (non-hydrogen) atoms. The van der Waals surface area contributed by atoms with Crippen LogP contribution in [0, 0.1) is 5.82 Å². The van der Waals surface area contributed by atoms with Crippen LogP contribution in [0.1, 0.15) is 5.56 Å². The highest BCUT2D eigenvalue weighted by Crippen LogP contribution is 2.34. The minimum Gasteiger partial charge on any atom is -0.337 e. The van der Waals surface area contributed by atoms with Gasteiger partial charge in [-0.25, -0.2) is 9.37 Å². The standard InChI is InChI=1S/C31H21FN8O/c32-27-26-24(17-35-28(27)20-13-21(16-34-15-20)36-25(41)12-18-6-2-1-3-7-18)39-40-30(26)31-37-23-10-4-9-22(29(23)38-31)19-8-5-11-33-14-19/h1-11,13-17H,12H2,(H,36,41)(H,37,38)(H,39,40). The quantitative estimate of drug-likeness (QED) is 0.240. The number of carbonyl (C=O) groups is 1. The average molecular weight is 541 g/mol. The molecule has 198 valence electrons. The molecule has 0 unspecified atom stereocenters. The van der Waals surface area contributed by atoms with Crippen LogP contribution in [0.25, 0.3) is 55.8 Å². The molecule has 3 N–H and O–H groups in total. The first-order valence-electron chi connectivity index (χ1n) is 12.9. The van der Waals surface area contributed by atoms with Gasteiger partial charge in [-0.05, 0) is 23.8 Å². The molecule has 0 fully saturated rings. The fraction of sp³-hybridized carbons (Fsp3) is 0.0323. The summed E-state index contributed by atoms with van der Waals surface area (Å²) in [5, 5.41) is 10.3. The van der Waals surface area contributed by atoms with Gasteiger partial charge < -0.3 is 10.3 Å². The molecule has 0 saturated carbocycles. The van der Waals surface area contributed by atoms with E-state index >= 15 is 4.39 Å². The Balaban J connectivity index is 1.24. The molecule has 0 saturated heterocycles. The number of imidazole rings is 1. The third-order valence-electron chi connectivity index (χ3n) is 6.76. The molecule has 0 aliphatic carbocycles. The molecule has 0 aliphatic rings. The van der Waals surface area contributed by atoms with Crippen molar-refractivity contribution in [3.8, 4) is 33.9 Å². The fourth-order valence-corrected chi connectivity index (χ4v) is 4.87. The number of hydrogen-bond donors (Lipinski definition) is 3. The molecule has 10 heteroatoms. The number of halogens is 1. The molecule has 5 heterocycles. The second-order valence-electron chi connectivity index (χ2n) is 9.48. The number of H-pyrrole nitrogens is 2. The van der Waals surface area contributed by atoms with Crippen LogP contribution in [-0.2, 0) is 11.2 Å². The first-order valence-corrected chi connectivity index (χ1v) is 12.9. The van der Waals surface area contributed by atoms with E-state index in [4.69, 9.17) is 4.98 Å².